The van der Waals surface area contributed by atoms with Gasteiger partial charge in [0.1, 0.15) is 0 Å². The summed E-state index contributed by atoms with van der Waals surface area (Å²) in [7, 11) is 0. The summed E-state index contributed by atoms with van der Waals surface area (Å²) in [6.07, 6.45) is 2.48. The number of aromatic amines is 1. The summed E-state index contributed by atoms with van der Waals surface area (Å²) in [5, 5.41) is 13.4. The average Bonchev–Trinajstić information content (AvgIpc) is 3.21. The first-order chi connectivity index (χ1) is 15.0. The van der Waals surface area contributed by atoms with E-state index in [4.69, 9.17) is 0 Å². The van der Waals surface area contributed by atoms with Crippen LogP contribution < -0.4 is 5.32 Å². The van der Waals surface area contributed by atoms with E-state index in [1.807, 2.05) is 30.3 Å². The summed E-state index contributed by atoms with van der Waals surface area (Å²) in [5.41, 5.74) is 4.69. The van der Waals surface area contributed by atoms with Gasteiger partial charge in [-0.15, -0.1) is 0 Å². The van der Waals surface area contributed by atoms with Crippen LogP contribution in [0.1, 0.15) is 43.4 Å². The number of hydrogen-bond donors (Lipinski definition) is 3. The third-order valence-corrected chi connectivity index (χ3v) is 5.47. The van der Waals surface area contributed by atoms with Crippen molar-refractivity contribution in [2.24, 2.45) is 0 Å². The van der Waals surface area contributed by atoms with Crippen molar-refractivity contribution < 1.29 is 14.7 Å². The van der Waals surface area contributed by atoms with Crippen molar-refractivity contribution in [1.82, 2.24) is 10.3 Å². The zero-order chi connectivity index (χ0) is 21.8. The molecule has 0 unspecified atom stereocenters. The van der Waals surface area contributed by atoms with Crippen LogP contribution in [0.25, 0.3) is 10.9 Å². The van der Waals surface area contributed by atoms with E-state index in [0.717, 1.165) is 17.4 Å². The molecule has 0 bridgehead atoms. The maximum atomic E-state index is 13.5. The van der Waals surface area contributed by atoms with Crippen molar-refractivity contribution in [3.05, 3.63) is 107 Å². The fraction of sp³-hybridized carbons (Fsp3) is 0.154. The molecular formula is C26H24N2O3. The minimum absolute atomic E-state index is 0.0515. The van der Waals surface area contributed by atoms with Gasteiger partial charge in [0, 0.05) is 29.2 Å². The Balaban J connectivity index is 1.59. The van der Waals surface area contributed by atoms with Crippen LogP contribution in [0.2, 0.25) is 0 Å². The fourth-order valence-electron chi connectivity index (χ4n) is 3.74. The van der Waals surface area contributed by atoms with E-state index in [2.05, 4.69) is 41.5 Å². The van der Waals surface area contributed by atoms with Crippen LogP contribution in [-0.2, 0) is 6.42 Å². The highest BCUT2D eigenvalue weighted by molar-refractivity contribution is 6.11. The quantitative estimate of drug-likeness (QED) is 0.358. The first-order valence-corrected chi connectivity index (χ1v) is 10.3. The van der Waals surface area contributed by atoms with E-state index < -0.39 is 12.0 Å². The van der Waals surface area contributed by atoms with E-state index in [1.165, 1.54) is 17.2 Å². The number of nitrogens with one attached hydrogen (secondary N) is 2. The van der Waals surface area contributed by atoms with Gasteiger partial charge in [0.15, 0.2) is 5.78 Å². The lowest BCUT2D eigenvalue weighted by molar-refractivity contribution is 0.0696. The number of carboxylic acids is 1. The SMILES string of the molecule is Cc1ccc(CCN[C@@H](C(=O)c2c[nH]c3cc(C(=O)O)ccc23)c2ccccc2)cc1. The predicted molar refractivity (Wildman–Crippen MR) is 122 cm³/mol. The van der Waals surface area contributed by atoms with Crippen LogP contribution in [0.4, 0.5) is 0 Å². The van der Waals surface area contributed by atoms with Gasteiger partial charge >= 0.3 is 5.97 Å². The molecule has 4 rings (SSSR count). The van der Waals surface area contributed by atoms with Crippen LogP contribution in [-0.4, -0.2) is 28.4 Å². The molecule has 5 heteroatoms. The van der Waals surface area contributed by atoms with Gasteiger partial charge in [-0.2, -0.15) is 0 Å². The first kappa shape index (κ1) is 20.6. The molecule has 0 aliphatic carbocycles. The van der Waals surface area contributed by atoms with Crippen LogP contribution >= 0.6 is 0 Å². The molecule has 3 N–H and O–H groups in total. The Morgan fingerprint density at radius 3 is 2.45 bits per heavy atom. The molecule has 31 heavy (non-hydrogen) atoms. The molecule has 1 heterocycles. The van der Waals surface area contributed by atoms with Crippen LogP contribution in [0.15, 0.2) is 79.0 Å². The Kier molecular flexibility index (Phi) is 5.96. The number of benzene rings is 3. The number of carbonyl (C=O) groups is 2. The van der Waals surface area contributed by atoms with Crippen molar-refractivity contribution in [2.75, 3.05) is 6.54 Å². The minimum Gasteiger partial charge on any atom is -0.478 e. The summed E-state index contributed by atoms with van der Waals surface area (Å²) < 4.78 is 0. The molecule has 5 nitrogen and oxygen atoms in total. The summed E-state index contributed by atoms with van der Waals surface area (Å²) >= 11 is 0. The number of H-pyrrole nitrogens is 1. The van der Waals surface area contributed by atoms with Gasteiger partial charge in [-0.3, -0.25) is 4.79 Å². The lowest BCUT2D eigenvalue weighted by Crippen LogP contribution is -2.30. The molecule has 156 valence electrons. The number of rotatable bonds is 8. The summed E-state index contributed by atoms with van der Waals surface area (Å²) in [4.78, 5) is 27.8. The zero-order valence-corrected chi connectivity index (χ0v) is 17.3. The topological polar surface area (TPSA) is 82.2 Å². The Morgan fingerprint density at radius 1 is 1.00 bits per heavy atom. The third kappa shape index (κ3) is 4.57. The summed E-state index contributed by atoms with van der Waals surface area (Å²) in [6, 6.07) is 22.3. The molecule has 1 aromatic heterocycles. The van der Waals surface area contributed by atoms with Crippen molar-refractivity contribution in [3.63, 3.8) is 0 Å². The van der Waals surface area contributed by atoms with Crippen molar-refractivity contribution in [3.8, 4) is 0 Å². The number of aromatic carboxylic acids is 1. The number of aryl methyl sites for hydroxylation is 1. The second-order valence-electron chi connectivity index (χ2n) is 7.67. The monoisotopic (exact) mass is 412 g/mol. The third-order valence-electron chi connectivity index (χ3n) is 5.47. The highest BCUT2D eigenvalue weighted by atomic mass is 16.4. The second-order valence-corrected chi connectivity index (χ2v) is 7.67. The van der Waals surface area contributed by atoms with Gasteiger partial charge in [0.05, 0.1) is 11.6 Å². The van der Waals surface area contributed by atoms with Crippen molar-refractivity contribution >= 4 is 22.7 Å². The van der Waals surface area contributed by atoms with E-state index in [0.29, 0.717) is 17.6 Å². The maximum Gasteiger partial charge on any atom is 0.335 e. The Labute approximate surface area is 180 Å². The van der Waals surface area contributed by atoms with Gasteiger partial charge in [-0.05, 0) is 36.6 Å². The number of ketones is 1. The highest BCUT2D eigenvalue weighted by Crippen LogP contribution is 2.26. The van der Waals surface area contributed by atoms with E-state index in [1.54, 1.807) is 18.3 Å². The molecule has 0 saturated heterocycles. The van der Waals surface area contributed by atoms with Crippen molar-refractivity contribution in [1.29, 1.82) is 0 Å². The molecule has 4 aromatic rings. The fourth-order valence-corrected chi connectivity index (χ4v) is 3.74. The number of carboxylic acid groups (broad SMARTS) is 1. The lowest BCUT2D eigenvalue weighted by Gasteiger charge is -2.18. The molecule has 1 atom stereocenters. The number of fused-ring (bicyclic) bond motifs is 1. The molecule has 0 fully saturated rings. The number of Topliss-reactive ketones (excluding diaryl/α,β-unsaturated/α-hetero) is 1. The first-order valence-electron chi connectivity index (χ1n) is 10.3. The van der Waals surface area contributed by atoms with Gasteiger partial charge in [-0.25, -0.2) is 4.79 Å². The highest BCUT2D eigenvalue weighted by Gasteiger charge is 2.24. The van der Waals surface area contributed by atoms with Gasteiger partial charge < -0.3 is 15.4 Å². The van der Waals surface area contributed by atoms with E-state index in [-0.39, 0.29) is 11.3 Å². The Hall–Kier alpha value is -3.70. The average molecular weight is 412 g/mol. The number of carbonyl (C=O) groups excluding carboxylic acids is 1. The smallest absolute Gasteiger partial charge is 0.335 e. The molecule has 0 spiro atoms. The summed E-state index contributed by atoms with van der Waals surface area (Å²) in [5.74, 6) is -1.05. The molecule has 0 amide bonds. The molecule has 3 aromatic carbocycles. The van der Waals surface area contributed by atoms with Gasteiger partial charge in [0.2, 0.25) is 0 Å². The van der Waals surface area contributed by atoms with Crippen LogP contribution in [0.3, 0.4) is 0 Å². The lowest BCUT2D eigenvalue weighted by atomic mass is 9.96. The predicted octanol–water partition coefficient (Wildman–Crippen LogP) is 4.93. The van der Waals surface area contributed by atoms with Crippen LogP contribution in [0, 0.1) is 6.92 Å². The normalized spacial score (nSPS) is 12.0. The Bertz CT molecular complexity index is 1210. The molecule has 0 saturated carbocycles. The molecular weight excluding hydrogens is 388 g/mol. The molecule has 0 radical (unpaired) electrons. The number of hydrogen-bond acceptors (Lipinski definition) is 3. The van der Waals surface area contributed by atoms with Gasteiger partial charge in [0.25, 0.3) is 0 Å². The van der Waals surface area contributed by atoms with E-state index in [9.17, 15) is 14.7 Å². The number of aromatic nitrogens is 1. The molecule has 0 aliphatic rings. The summed E-state index contributed by atoms with van der Waals surface area (Å²) in [6.45, 7) is 2.71. The Morgan fingerprint density at radius 2 is 1.74 bits per heavy atom. The van der Waals surface area contributed by atoms with Crippen molar-refractivity contribution in [2.45, 2.75) is 19.4 Å². The zero-order valence-electron chi connectivity index (χ0n) is 17.3. The van der Waals surface area contributed by atoms with E-state index >= 15 is 0 Å². The second kappa shape index (κ2) is 8.98. The molecule has 0 aliphatic heterocycles. The minimum atomic E-state index is -0.996. The standard InChI is InChI=1S/C26H24N2O3/c1-17-7-9-18(10-8-17)13-14-27-24(19-5-3-2-4-6-19)25(29)22-16-28-23-15-20(26(30)31)11-12-21(22)23/h2-12,15-16,24,27-28H,13-14H2,1H3,(H,30,31)/t24-/m1/s1. The van der Waals surface area contributed by atoms with Crippen LogP contribution in [0.5, 0.6) is 0 Å². The maximum absolute atomic E-state index is 13.5. The van der Waals surface area contributed by atoms with Gasteiger partial charge in [-0.1, -0.05) is 66.2 Å². The largest absolute Gasteiger partial charge is 0.478 e.